The van der Waals surface area contributed by atoms with Crippen molar-refractivity contribution in [3.8, 4) is 0 Å². The summed E-state index contributed by atoms with van der Waals surface area (Å²) in [4.78, 5) is 0. The van der Waals surface area contributed by atoms with Gasteiger partial charge in [-0.2, -0.15) is 0 Å². The minimum atomic E-state index is 0.489. The fourth-order valence-corrected chi connectivity index (χ4v) is 4.62. The minimum absolute atomic E-state index is 0.489. The summed E-state index contributed by atoms with van der Waals surface area (Å²) in [5.41, 5.74) is 1.55. The molecule has 0 amide bonds. The Kier molecular flexibility index (Phi) is 5.21. The third-order valence-corrected chi connectivity index (χ3v) is 6.62. The van der Waals surface area contributed by atoms with Gasteiger partial charge in [-0.15, -0.1) is 0 Å². The van der Waals surface area contributed by atoms with Gasteiger partial charge in [0, 0.05) is 13.1 Å². The molecule has 1 nitrogen and oxygen atoms in total. The van der Waals surface area contributed by atoms with E-state index in [1.54, 1.807) is 0 Å². The van der Waals surface area contributed by atoms with Crippen molar-refractivity contribution in [1.82, 2.24) is 5.32 Å². The number of hydrogen-bond acceptors (Lipinski definition) is 1. The van der Waals surface area contributed by atoms with Gasteiger partial charge in [0.05, 0.1) is 0 Å². The van der Waals surface area contributed by atoms with E-state index in [0.717, 1.165) is 0 Å². The van der Waals surface area contributed by atoms with Crippen molar-refractivity contribution in [3.05, 3.63) is 0 Å². The lowest BCUT2D eigenvalue weighted by atomic mass is 9.57. The van der Waals surface area contributed by atoms with Gasteiger partial charge in [0.15, 0.2) is 0 Å². The van der Waals surface area contributed by atoms with E-state index in [4.69, 9.17) is 0 Å². The van der Waals surface area contributed by atoms with E-state index in [9.17, 15) is 0 Å². The van der Waals surface area contributed by atoms with Crippen molar-refractivity contribution < 1.29 is 0 Å². The summed E-state index contributed by atoms with van der Waals surface area (Å²) in [5, 5.41) is 3.83. The molecule has 0 radical (unpaired) electrons. The molecule has 1 N–H and O–H groups in total. The quantitative estimate of drug-likeness (QED) is 0.664. The van der Waals surface area contributed by atoms with Gasteiger partial charge in [-0.05, 0) is 41.9 Å². The van der Waals surface area contributed by atoms with Crippen LogP contribution < -0.4 is 5.32 Å². The first kappa shape index (κ1) is 16.3. The molecule has 0 bridgehead atoms. The van der Waals surface area contributed by atoms with Crippen LogP contribution in [0.2, 0.25) is 0 Å². The van der Waals surface area contributed by atoms with Gasteiger partial charge in [-0.1, -0.05) is 66.2 Å². The van der Waals surface area contributed by atoms with Gasteiger partial charge >= 0.3 is 0 Å². The van der Waals surface area contributed by atoms with Gasteiger partial charge in [-0.25, -0.2) is 0 Å². The molecule has 1 aliphatic heterocycles. The van der Waals surface area contributed by atoms with Crippen molar-refractivity contribution in [2.45, 2.75) is 91.9 Å². The Morgan fingerprint density at radius 1 is 0.550 bits per heavy atom. The molecule has 0 aromatic heterocycles. The largest absolute Gasteiger partial charge is 0.316 e. The van der Waals surface area contributed by atoms with Crippen molar-refractivity contribution in [2.75, 3.05) is 13.1 Å². The maximum absolute atomic E-state index is 3.83. The Morgan fingerprint density at radius 3 is 1.75 bits per heavy atom. The van der Waals surface area contributed by atoms with Crippen molar-refractivity contribution >= 4 is 0 Å². The first-order valence-electron chi connectivity index (χ1n) is 9.08. The SMILES string of the molecule is CC1(C)CCCC(C)(C2(C)CCCCCCC2)CNC1. The molecule has 2 rings (SSSR count). The molecule has 0 aromatic rings. The van der Waals surface area contributed by atoms with Crippen molar-refractivity contribution in [3.63, 3.8) is 0 Å². The Morgan fingerprint density at radius 2 is 1.10 bits per heavy atom. The monoisotopic (exact) mass is 279 g/mol. The van der Waals surface area contributed by atoms with E-state index in [1.165, 1.54) is 77.3 Å². The van der Waals surface area contributed by atoms with E-state index < -0.39 is 0 Å². The molecule has 0 aromatic carbocycles. The normalized spacial score (nSPS) is 35.4. The maximum atomic E-state index is 3.83. The van der Waals surface area contributed by atoms with E-state index >= 15 is 0 Å². The van der Waals surface area contributed by atoms with E-state index in [0.29, 0.717) is 16.2 Å². The van der Waals surface area contributed by atoms with Crippen molar-refractivity contribution in [1.29, 1.82) is 0 Å². The second kappa shape index (κ2) is 6.38. The van der Waals surface area contributed by atoms with Crippen LogP contribution in [0.4, 0.5) is 0 Å². The zero-order valence-electron chi connectivity index (χ0n) is 14.5. The van der Waals surface area contributed by atoms with Crippen LogP contribution in [0.15, 0.2) is 0 Å². The second-order valence-corrected chi connectivity index (χ2v) is 9.01. The highest BCUT2D eigenvalue weighted by Gasteiger charge is 2.44. The van der Waals surface area contributed by atoms with Gasteiger partial charge < -0.3 is 5.32 Å². The van der Waals surface area contributed by atoms with E-state index in [1.807, 2.05) is 0 Å². The standard InChI is InChI=1S/C19H37N/c1-17(2)11-10-14-19(4,16-20-15-17)18(3)12-8-6-5-7-9-13-18/h20H,5-16H2,1-4H3. The molecule has 1 aliphatic carbocycles. The third-order valence-electron chi connectivity index (χ3n) is 6.62. The van der Waals surface area contributed by atoms with Crippen LogP contribution in [0.25, 0.3) is 0 Å². The predicted molar refractivity (Wildman–Crippen MR) is 89.0 cm³/mol. The van der Waals surface area contributed by atoms with Crippen LogP contribution in [-0.4, -0.2) is 13.1 Å². The first-order chi connectivity index (χ1) is 9.37. The highest BCUT2D eigenvalue weighted by Crippen LogP contribution is 2.51. The average molecular weight is 280 g/mol. The lowest BCUT2D eigenvalue weighted by Crippen LogP contribution is -2.48. The lowest BCUT2D eigenvalue weighted by molar-refractivity contribution is 0.0166. The van der Waals surface area contributed by atoms with Crippen LogP contribution in [0.1, 0.15) is 91.9 Å². The molecular weight excluding hydrogens is 242 g/mol. The fraction of sp³-hybridized carbons (Fsp3) is 1.00. The zero-order valence-corrected chi connectivity index (χ0v) is 14.5. The van der Waals surface area contributed by atoms with Gasteiger partial charge in [0.25, 0.3) is 0 Å². The predicted octanol–water partition coefficient (Wildman–Crippen LogP) is 5.54. The van der Waals surface area contributed by atoms with Crippen molar-refractivity contribution in [2.24, 2.45) is 16.2 Å². The fourth-order valence-electron chi connectivity index (χ4n) is 4.62. The molecule has 2 fully saturated rings. The lowest BCUT2D eigenvalue weighted by Gasteiger charge is -2.50. The summed E-state index contributed by atoms with van der Waals surface area (Å²) in [7, 11) is 0. The molecule has 1 saturated heterocycles. The van der Waals surface area contributed by atoms with Crippen LogP contribution in [0.5, 0.6) is 0 Å². The molecule has 1 heterocycles. The Balaban J connectivity index is 2.06. The number of rotatable bonds is 1. The highest BCUT2D eigenvalue weighted by atomic mass is 14.9. The third kappa shape index (κ3) is 3.78. The van der Waals surface area contributed by atoms with E-state index in [2.05, 4.69) is 33.0 Å². The number of hydrogen-bond donors (Lipinski definition) is 1. The Bertz CT molecular complexity index is 285. The molecular formula is C19H37N. The summed E-state index contributed by atoms with van der Waals surface area (Å²) < 4.78 is 0. The average Bonchev–Trinajstić information content (AvgIpc) is 2.31. The summed E-state index contributed by atoms with van der Waals surface area (Å²) in [6, 6.07) is 0. The first-order valence-corrected chi connectivity index (χ1v) is 9.08. The van der Waals surface area contributed by atoms with Gasteiger partial charge in [-0.3, -0.25) is 0 Å². The minimum Gasteiger partial charge on any atom is -0.316 e. The van der Waals surface area contributed by atoms with Gasteiger partial charge in [0.2, 0.25) is 0 Å². The summed E-state index contributed by atoms with van der Waals surface area (Å²) in [6.07, 6.45) is 14.4. The van der Waals surface area contributed by atoms with Crippen LogP contribution in [-0.2, 0) is 0 Å². The molecule has 1 heteroatoms. The van der Waals surface area contributed by atoms with Gasteiger partial charge in [0.1, 0.15) is 0 Å². The number of nitrogens with one attached hydrogen (secondary N) is 1. The molecule has 118 valence electrons. The van der Waals surface area contributed by atoms with Crippen LogP contribution >= 0.6 is 0 Å². The topological polar surface area (TPSA) is 12.0 Å². The molecule has 1 unspecified atom stereocenters. The highest BCUT2D eigenvalue weighted by molar-refractivity contribution is 4.96. The van der Waals surface area contributed by atoms with Crippen LogP contribution in [0, 0.1) is 16.2 Å². The summed E-state index contributed by atoms with van der Waals surface area (Å²) in [5.74, 6) is 0. The second-order valence-electron chi connectivity index (χ2n) is 9.01. The molecule has 0 spiro atoms. The summed E-state index contributed by atoms with van der Waals surface area (Å²) >= 11 is 0. The Hall–Kier alpha value is -0.0400. The smallest absolute Gasteiger partial charge is 0.00106 e. The molecule has 2 aliphatic rings. The molecule has 1 atom stereocenters. The zero-order chi connectivity index (χ0) is 14.7. The molecule has 1 saturated carbocycles. The van der Waals surface area contributed by atoms with Crippen LogP contribution in [0.3, 0.4) is 0 Å². The maximum Gasteiger partial charge on any atom is 0.00106 e. The summed E-state index contributed by atoms with van der Waals surface area (Å²) in [6.45, 7) is 12.4. The molecule has 20 heavy (non-hydrogen) atoms. The van der Waals surface area contributed by atoms with E-state index in [-0.39, 0.29) is 0 Å². The Labute approximate surface area is 127 Å².